The van der Waals surface area contributed by atoms with Gasteiger partial charge in [0.25, 0.3) is 0 Å². The lowest BCUT2D eigenvalue weighted by Crippen LogP contribution is -2.56. The Bertz CT molecular complexity index is 701. The van der Waals surface area contributed by atoms with E-state index in [1.165, 1.54) is 6.92 Å². The van der Waals surface area contributed by atoms with Gasteiger partial charge in [0.05, 0.1) is 6.04 Å². The second-order valence-electron chi connectivity index (χ2n) is 8.32. The normalized spacial score (nSPS) is 14.2. The molecule has 14 heteroatoms. The summed E-state index contributed by atoms with van der Waals surface area (Å²) in [5.74, 6) is -3.08. The van der Waals surface area contributed by atoms with Gasteiger partial charge in [0.15, 0.2) is 5.96 Å². The number of amides is 3. The van der Waals surface area contributed by atoms with Crippen molar-refractivity contribution in [1.29, 1.82) is 0 Å². The van der Waals surface area contributed by atoms with Gasteiger partial charge in [0.1, 0.15) is 18.1 Å². The first-order valence-electron chi connectivity index (χ1n) is 11.9. The molecule has 0 aromatic rings. The number of guanidine groups is 1. The Morgan fingerprint density at radius 3 is 1.86 bits per heavy atom. The van der Waals surface area contributed by atoms with Crippen LogP contribution in [0, 0.1) is 0 Å². The number of hydrogen-bond donors (Lipinski definition) is 9. The van der Waals surface area contributed by atoms with Crippen LogP contribution in [0.15, 0.2) is 4.99 Å². The molecule has 0 fully saturated rings. The third-order valence-corrected chi connectivity index (χ3v) is 5.20. The van der Waals surface area contributed by atoms with Crippen molar-refractivity contribution in [2.45, 2.75) is 82.5 Å². The van der Waals surface area contributed by atoms with Crippen LogP contribution in [-0.4, -0.2) is 78.6 Å². The third kappa shape index (κ3) is 14.8. The summed E-state index contributed by atoms with van der Waals surface area (Å²) < 4.78 is 0. The topological polar surface area (TPSA) is 267 Å². The lowest BCUT2D eigenvalue weighted by Gasteiger charge is -2.24. The Kier molecular flexibility index (Phi) is 16.8. The van der Waals surface area contributed by atoms with Gasteiger partial charge in [-0.3, -0.25) is 19.4 Å². The van der Waals surface area contributed by atoms with Crippen molar-refractivity contribution in [3.05, 3.63) is 0 Å². The van der Waals surface area contributed by atoms with Gasteiger partial charge in [-0.1, -0.05) is 6.42 Å². The number of aliphatic imine (C=N–C) groups is 1. The highest BCUT2D eigenvalue weighted by atomic mass is 16.4. The van der Waals surface area contributed by atoms with E-state index in [-0.39, 0.29) is 25.3 Å². The molecule has 4 unspecified atom stereocenters. The summed E-state index contributed by atoms with van der Waals surface area (Å²) in [5.41, 5.74) is 27.3. The first-order chi connectivity index (χ1) is 16.5. The molecular formula is C21H43N9O5. The van der Waals surface area contributed by atoms with Crippen LogP contribution in [0.4, 0.5) is 0 Å². The Labute approximate surface area is 206 Å². The van der Waals surface area contributed by atoms with E-state index in [0.717, 1.165) is 6.42 Å². The number of unbranched alkanes of at least 4 members (excludes halogenated alkanes) is 2. The molecule has 0 aliphatic rings. The van der Waals surface area contributed by atoms with Gasteiger partial charge in [-0.05, 0) is 65.0 Å². The predicted molar refractivity (Wildman–Crippen MR) is 133 cm³/mol. The summed E-state index contributed by atoms with van der Waals surface area (Å²) >= 11 is 0. The lowest BCUT2D eigenvalue weighted by atomic mass is 10.1. The number of carbonyl (C=O) groups excluding carboxylic acids is 3. The highest BCUT2D eigenvalue weighted by molar-refractivity contribution is 5.93. The van der Waals surface area contributed by atoms with Crippen molar-refractivity contribution in [3.8, 4) is 0 Å². The van der Waals surface area contributed by atoms with E-state index in [2.05, 4.69) is 20.9 Å². The van der Waals surface area contributed by atoms with Crippen molar-refractivity contribution < 1.29 is 24.3 Å². The quantitative estimate of drug-likeness (QED) is 0.0497. The standard InChI is InChI=1S/C21H43N9O5/c1-13(28-18(32)14(24)7-2-4-10-22)17(31)29-15(9-6-12-27-21(25)26)19(33)30-16(20(34)35)8-3-5-11-23/h13-16H,2-12,22-24H2,1H3,(H,28,32)(H,29,31)(H,30,33)(H,34,35)(H4,25,26,27). The number of carboxylic acids is 1. The molecule has 14 N–H and O–H groups in total. The molecule has 0 saturated carbocycles. The van der Waals surface area contributed by atoms with E-state index in [4.69, 9.17) is 28.7 Å². The number of carbonyl (C=O) groups is 4. The summed E-state index contributed by atoms with van der Waals surface area (Å²) in [6.45, 7) is 2.57. The maximum absolute atomic E-state index is 12.8. The number of nitrogens with two attached hydrogens (primary N) is 5. The van der Waals surface area contributed by atoms with Crippen molar-refractivity contribution in [2.75, 3.05) is 19.6 Å². The Morgan fingerprint density at radius 1 is 0.771 bits per heavy atom. The minimum absolute atomic E-state index is 0.111. The molecule has 0 aliphatic heterocycles. The fraction of sp³-hybridized carbons (Fsp3) is 0.762. The first kappa shape index (κ1) is 32.0. The van der Waals surface area contributed by atoms with Crippen LogP contribution in [0.1, 0.15) is 58.3 Å². The average Bonchev–Trinajstić information content (AvgIpc) is 2.79. The van der Waals surface area contributed by atoms with Crippen LogP contribution < -0.4 is 44.6 Å². The Morgan fingerprint density at radius 2 is 1.31 bits per heavy atom. The van der Waals surface area contributed by atoms with E-state index < -0.39 is 47.9 Å². The summed E-state index contributed by atoms with van der Waals surface area (Å²) in [7, 11) is 0. The van der Waals surface area contributed by atoms with E-state index >= 15 is 0 Å². The smallest absolute Gasteiger partial charge is 0.326 e. The molecule has 35 heavy (non-hydrogen) atoms. The number of nitrogens with zero attached hydrogens (tertiary/aromatic N) is 1. The van der Waals surface area contributed by atoms with Crippen molar-refractivity contribution in [1.82, 2.24) is 16.0 Å². The summed E-state index contributed by atoms with van der Waals surface area (Å²) in [5, 5.41) is 17.0. The SMILES string of the molecule is CC(NC(=O)C(N)CCCCN)C(=O)NC(CCCN=C(N)N)C(=O)NC(CCCCN)C(=O)O. The van der Waals surface area contributed by atoms with Crippen molar-refractivity contribution in [2.24, 2.45) is 33.7 Å². The highest BCUT2D eigenvalue weighted by Gasteiger charge is 2.28. The number of rotatable bonds is 19. The van der Waals surface area contributed by atoms with E-state index in [1.807, 2.05) is 0 Å². The maximum atomic E-state index is 12.8. The second-order valence-corrected chi connectivity index (χ2v) is 8.32. The summed E-state index contributed by atoms with van der Waals surface area (Å²) in [6.07, 6.45) is 3.65. The molecule has 0 heterocycles. The molecular weight excluding hydrogens is 458 g/mol. The minimum atomic E-state index is -1.19. The molecule has 0 bridgehead atoms. The van der Waals surface area contributed by atoms with Crippen LogP contribution in [-0.2, 0) is 19.2 Å². The van der Waals surface area contributed by atoms with Crippen LogP contribution in [0.2, 0.25) is 0 Å². The molecule has 0 spiro atoms. The maximum Gasteiger partial charge on any atom is 0.326 e. The number of hydrogen-bond acceptors (Lipinski definition) is 8. The monoisotopic (exact) mass is 501 g/mol. The second kappa shape index (κ2) is 18.4. The molecule has 14 nitrogen and oxygen atoms in total. The summed E-state index contributed by atoms with van der Waals surface area (Å²) in [6, 6.07) is -3.96. The largest absolute Gasteiger partial charge is 0.480 e. The zero-order valence-electron chi connectivity index (χ0n) is 20.5. The Hall–Kier alpha value is -2.97. The highest BCUT2D eigenvalue weighted by Crippen LogP contribution is 2.05. The molecule has 0 saturated heterocycles. The lowest BCUT2D eigenvalue weighted by molar-refractivity contribution is -0.142. The van der Waals surface area contributed by atoms with E-state index in [1.54, 1.807) is 0 Å². The molecule has 0 aliphatic carbocycles. The van der Waals surface area contributed by atoms with Crippen LogP contribution >= 0.6 is 0 Å². The van der Waals surface area contributed by atoms with Gasteiger partial charge in [-0.15, -0.1) is 0 Å². The molecule has 0 aromatic carbocycles. The molecule has 4 atom stereocenters. The molecule has 0 radical (unpaired) electrons. The first-order valence-corrected chi connectivity index (χ1v) is 11.9. The van der Waals surface area contributed by atoms with Crippen LogP contribution in [0.5, 0.6) is 0 Å². The average molecular weight is 502 g/mol. The van der Waals surface area contributed by atoms with Crippen molar-refractivity contribution in [3.63, 3.8) is 0 Å². The van der Waals surface area contributed by atoms with Gasteiger partial charge in [0.2, 0.25) is 17.7 Å². The van der Waals surface area contributed by atoms with Crippen LogP contribution in [0.25, 0.3) is 0 Å². The Balaban J connectivity index is 5.16. The van der Waals surface area contributed by atoms with Crippen molar-refractivity contribution >= 4 is 29.7 Å². The van der Waals surface area contributed by atoms with E-state index in [9.17, 15) is 24.3 Å². The summed E-state index contributed by atoms with van der Waals surface area (Å²) in [4.78, 5) is 53.2. The number of carboxylic acid groups (broad SMARTS) is 1. The fourth-order valence-corrected chi connectivity index (χ4v) is 3.12. The number of nitrogens with one attached hydrogen (secondary N) is 3. The third-order valence-electron chi connectivity index (χ3n) is 5.20. The predicted octanol–water partition coefficient (Wildman–Crippen LogP) is -2.82. The van der Waals surface area contributed by atoms with Gasteiger partial charge >= 0.3 is 5.97 Å². The molecule has 3 amide bonds. The van der Waals surface area contributed by atoms with Gasteiger partial charge in [0, 0.05) is 6.54 Å². The zero-order valence-corrected chi connectivity index (χ0v) is 20.5. The van der Waals surface area contributed by atoms with Gasteiger partial charge in [-0.2, -0.15) is 0 Å². The van der Waals surface area contributed by atoms with Gasteiger partial charge < -0.3 is 49.7 Å². The minimum Gasteiger partial charge on any atom is -0.480 e. The molecule has 0 rings (SSSR count). The molecule has 202 valence electrons. The van der Waals surface area contributed by atoms with Gasteiger partial charge in [-0.25, -0.2) is 4.79 Å². The molecule has 0 aromatic heterocycles. The number of aliphatic carboxylic acids is 1. The zero-order chi connectivity index (χ0) is 26.8. The van der Waals surface area contributed by atoms with E-state index in [0.29, 0.717) is 45.2 Å². The fourth-order valence-electron chi connectivity index (χ4n) is 3.12. The van der Waals surface area contributed by atoms with Crippen LogP contribution in [0.3, 0.4) is 0 Å².